The van der Waals surface area contributed by atoms with Crippen molar-refractivity contribution in [2.75, 3.05) is 0 Å². The second kappa shape index (κ2) is 5.55. The Labute approximate surface area is 116 Å². The average Bonchev–Trinajstić information content (AvgIpc) is 2.27. The van der Waals surface area contributed by atoms with E-state index in [0.717, 1.165) is 11.3 Å². The summed E-state index contributed by atoms with van der Waals surface area (Å²) in [6.45, 7) is 3.97. The van der Waals surface area contributed by atoms with Crippen molar-refractivity contribution in [2.45, 2.75) is 20.0 Å². The van der Waals surface area contributed by atoms with E-state index in [-0.39, 0.29) is 11.4 Å². The normalized spacial score (nSPS) is 10.7. The van der Waals surface area contributed by atoms with Crippen LogP contribution in [-0.2, 0) is 0 Å². The predicted molar refractivity (Wildman–Crippen MR) is 73.3 cm³/mol. The lowest BCUT2D eigenvalue weighted by Gasteiger charge is -2.10. The first kappa shape index (κ1) is 13.1. The van der Waals surface area contributed by atoms with Crippen LogP contribution in [0, 0.1) is 0 Å². The summed E-state index contributed by atoms with van der Waals surface area (Å²) in [4.78, 5) is 7.94. The largest absolute Gasteiger partial charge is 0.491 e. The molecule has 0 unspecified atom stereocenters. The zero-order valence-electron chi connectivity index (χ0n) is 10.0. The molecule has 0 N–H and O–H groups in total. The third kappa shape index (κ3) is 3.34. The van der Waals surface area contributed by atoms with Gasteiger partial charge in [0.2, 0.25) is 5.28 Å². The van der Waals surface area contributed by atoms with Gasteiger partial charge in [-0.3, -0.25) is 0 Å². The van der Waals surface area contributed by atoms with Crippen LogP contribution in [0.4, 0.5) is 0 Å². The molecular weight excluding hydrogens is 271 g/mol. The molecule has 0 fully saturated rings. The fourth-order valence-corrected chi connectivity index (χ4v) is 1.92. The molecule has 1 heterocycles. The van der Waals surface area contributed by atoms with Crippen molar-refractivity contribution in [3.8, 4) is 17.0 Å². The van der Waals surface area contributed by atoms with E-state index in [1.165, 1.54) is 0 Å². The first-order valence-corrected chi connectivity index (χ1v) is 6.27. The quantitative estimate of drug-likeness (QED) is 0.624. The summed E-state index contributed by atoms with van der Waals surface area (Å²) in [5, 5.41) is 0.465. The van der Waals surface area contributed by atoms with Gasteiger partial charge in [0, 0.05) is 11.6 Å². The lowest BCUT2D eigenvalue weighted by molar-refractivity contribution is 0.242. The Morgan fingerprint density at radius 3 is 2.28 bits per heavy atom. The van der Waals surface area contributed by atoms with Crippen LogP contribution in [0.5, 0.6) is 5.75 Å². The summed E-state index contributed by atoms with van der Waals surface area (Å²) in [6.07, 6.45) is 0.152. The van der Waals surface area contributed by atoms with Crippen molar-refractivity contribution in [3.63, 3.8) is 0 Å². The summed E-state index contributed by atoms with van der Waals surface area (Å²) in [5.41, 5.74) is 1.61. The van der Waals surface area contributed by atoms with Crippen LogP contribution in [0.2, 0.25) is 10.4 Å². The van der Waals surface area contributed by atoms with Gasteiger partial charge in [0.1, 0.15) is 10.9 Å². The molecule has 1 aromatic heterocycles. The highest BCUT2D eigenvalue weighted by molar-refractivity contribution is 6.32. The van der Waals surface area contributed by atoms with E-state index >= 15 is 0 Å². The monoisotopic (exact) mass is 282 g/mol. The van der Waals surface area contributed by atoms with Crippen LogP contribution in [-0.4, -0.2) is 16.1 Å². The molecule has 0 saturated heterocycles. The molecule has 0 radical (unpaired) electrons. The molecule has 0 aliphatic rings. The number of ether oxygens (including phenoxy) is 1. The molecule has 0 spiro atoms. The van der Waals surface area contributed by atoms with Crippen molar-refractivity contribution in [3.05, 3.63) is 40.8 Å². The van der Waals surface area contributed by atoms with E-state index < -0.39 is 0 Å². The van der Waals surface area contributed by atoms with Crippen molar-refractivity contribution >= 4 is 23.2 Å². The molecule has 0 atom stereocenters. The van der Waals surface area contributed by atoms with Crippen molar-refractivity contribution in [1.82, 2.24) is 9.97 Å². The van der Waals surface area contributed by atoms with Gasteiger partial charge in [-0.05, 0) is 49.7 Å². The van der Waals surface area contributed by atoms with Gasteiger partial charge in [-0.25, -0.2) is 9.97 Å². The Morgan fingerprint density at radius 2 is 1.72 bits per heavy atom. The molecular formula is C13H12Cl2N2O. The Kier molecular flexibility index (Phi) is 4.04. The summed E-state index contributed by atoms with van der Waals surface area (Å²) >= 11 is 11.6. The third-order valence-electron chi connectivity index (χ3n) is 2.19. The molecule has 0 amide bonds. The first-order valence-electron chi connectivity index (χ1n) is 5.52. The highest BCUT2D eigenvalue weighted by atomic mass is 35.5. The van der Waals surface area contributed by atoms with Gasteiger partial charge in [-0.2, -0.15) is 0 Å². The van der Waals surface area contributed by atoms with E-state index in [4.69, 9.17) is 27.9 Å². The highest BCUT2D eigenvalue weighted by Crippen LogP contribution is 2.24. The van der Waals surface area contributed by atoms with Gasteiger partial charge in [0.25, 0.3) is 0 Å². The van der Waals surface area contributed by atoms with Gasteiger partial charge in [-0.1, -0.05) is 11.6 Å². The van der Waals surface area contributed by atoms with Crippen LogP contribution < -0.4 is 4.74 Å². The van der Waals surface area contributed by atoms with Crippen molar-refractivity contribution in [2.24, 2.45) is 0 Å². The average molecular weight is 283 g/mol. The number of hydrogen-bond acceptors (Lipinski definition) is 3. The van der Waals surface area contributed by atoms with Gasteiger partial charge in [0.05, 0.1) is 11.8 Å². The maximum atomic E-state index is 5.84. The van der Waals surface area contributed by atoms with E-state index in [9.17, 15) is 0 Å². The van der Waals surface area contributed by atoms with E-state index in [1.54, 1.807) is 6.07 Å². The number of benzene rings is 1. The van der Waals surface area contributed by atoms with Gasteiger partial charge < -0.3 is 4.74 Å². The molecule has 2 aromatic rings. The molecule has 3 nitrogen and oxygen atoms in total. The molecule has 0 bridgehead atoms. The molecule has 2 rings (SSSR count). The van der Waals surface area contributed by atoms with Crippen LogP contribution in [0.1, 0.15) is 13.8 Å². The molecule has 1 aromatic carbocycles. The Bertz CT molecular complexity index is 521. The van der Waals surface area contributed by atoms with Crippen molar-refractivity contribution in [1.29, 1.82) is 0 Å². The predicted octanol–water partition coefficient (Wildman–Crippen LogP) is 4.24. The lowest BCUT2D eigenvalue weighted by Crippen LogP contribution is -2.05. The van der Waals surface area contributed by atoms with Crippen LogP contribution in [0.3, 0.4) is 0 Å². The van der Waals surface area contributed by atoms with E-state index in [2.05, 4.69) is 9.97 Å². The van der Waals surface area contributed by atoms with E-state index in [0.29, 0.717) is 10.8 Å². The van der Waals surface area contributed by atoms with E-state index in [1.807, 2.05) is 38.1 Å². The Balaban J connectivity index is 2.28. The zero-order chi connectivity index (χ0) is 13.1. The zero-order valence-corrected chi connectivity index (χ0v) is 11.5. The number of hydrogen-bond donors (Lipinski definition) is 0. The second-order valence-electron chi connectivity index (χ2n) is 4.04. The van der Waals surface area contributed by atoms with Crippen molar-refractivity contribution < 1.29 is 4.74 Å². The number of nitrogens with zero attached hydrogens (tertiary/aromatic N) is 2. The molecule has 5 heteroatoms. The number of aromatic nitrogens is 2. The highest BCUT2D eigenvalue weighted by Gasteiger charge is 2.05. The third-order valence-corrected chi connectivity index (χ3v) is 2.55. The lowest BCUT2D eigenvalue weighted by atomic mass is 10.1. The maximum Gasteiger partial charge on any atom is 0.224 e. The maximum absolute atomic E-state index is 5.84. The number of halogens is 2. The minimum absolute atomic E-state index is 0.139. The molecule has 94 valence electrons. The molecule has 0 aliphatic carbocycles. The van der Waals surface area contributed by atoms with Gasteiger partial charge in [-0.15, -0.1) is 0 Å². The van der Waals surface area contributed by atoms with Crippen LogP contribution in [0.25, 0.3) is 11.3 Å². The fourth-order valence-electron chi connectivity index (χ4n) is 1.51. The van der Waals surface area contributed by atoms with Crippen LogP contribution in [0.15, 0.2) is 30.3 Å². The minimum Gasteiger partial charge on any atom is -0.491 e. The van der Waals surface area contributed by atoms with Gasteiger partial charge in [0.15, 0.2) is 0 Å². The minimum atomic E-state index is 0.139. The first-order chi connectivity index (χ1) is 8.54. The summed E-state index contributed by atoms with van der Waals surface area (Å²) in [7, 11) is 0. The summed E-state index contributed by atoms with van der Waals surface area (Å²) < 4.78 is 5.57. The van der Waals surface area contributed by atoms with Crippen LogP contribution >= 0.6 is 23.2 Å². The standard InChI is InChI=1S/C13H12Cl2N2O/c1-8(2)18-10-5-3-9(4-6-10)11-7-12(14)17-13(15)16-11/h3-8H,1-2H3. The topological polar surface area (TPSA) is 35.0 Å². The summed E-state index contributed by atoms with van der Waals surface area (Å²) in [6, 6.07) is 9.27. The summed E-state index contributed by atoms with van der Waals surface area (Å²) in [5.74, 6) is 0.819. The Morgan fingerprint density at radius 1 is 1.06 bits per heavy atom. The Hall–Kier alpha value is -1.32. The SMILES string of the molecule is CC(C)Oc1ccc(-c2cc(Cl)nc(Cl)n2)cc1. The second-order valence-corrected chi connectivity index (χ2v) is 4.76. The molecule has 18 heavy (non-hydrogen) atoms. The fraction of sp³-hybridized carbons (Fsp3) is 0.231. The molecule has 0 saturated carbocycles. The smallest absolute Gasteiger partial charge is 0.224 e. The van der Waals surface area contributed by atoms with Gasteiger partial charge >= 0.3 is 0 Å². The molecule has 0 aliphatic heterocycles. The number of rotatable bonds is 3.